The minimum Gasteiger partial charge on any atom is -0.338 e. The maximum Gasteiger partial charge on any atom is 0.315 e. The first-order chi connectivity index (χ1) is 13.5. The summed E-state index contributed by atoms with van der Waals surface area (Å²) in [5, 5.41) is 6.11. The van der Waals surface area contributed by atoms with Gasteiger partial charge in [0, 0.05) is 12.7 Å². The predicted octanol–water partition coefficient (Wildman–Crippen LogP) is 4.74. The molecule has 0 radical (unpaired) electrons. The molecule has 4 heteroatoms. The molecule has 1 unspecified atom stereocenters. The van der Waals surface area contributed by atoms with Gasteiger partial charge in [-0.05, 0) is 35.1 Å². The molecule has 0 aliphatic rings. The zero-order valence-electron chi connectivity index (χ0n) is 16.4. The highest BCUT2D eigenvalue weighted by atomic mass is 16.2. The van der Waals surface area contributed by atoms with Gasteiger partial charge in [0.1, 0.15) is 0 Å². The molecule has 0 fully saturated rings. The molecule has 2 N–H and O–H groups in total. The molecule has 0 spiro atoms. The standard InChI is InChI=1S/C24H27N3O/c1-24(2,17-19-11-5-3-6-12-19)18-26-23(28)27-22(20-13-7-4-8-14-20)21-15-9-10-16-25-21/h3-16,22H,17-18H2,1-2H3,(H2,26,27,28). The lowest BCUT2D eigenvalue weighted by Gasteiger charge is -2.26. The highest BCUT2D eigenvalue weighted by Gasteiger charge is 2.22. The Balaban J connectivity index is 1.64. The van der Waals surface area contributed by atoms with Gasteiger partial charge in [-0.3, -0.25) is 4.98 Å². The van der Waals surface area contributed by atoms with Crippen molar-refractivity contribution in [3.8, 4) is 0 Å². The molecule has 0 bridgehead atoms. The number of hydrogen-bond acceptors (Lipinski definition) is 2. The van der Waals surface area contributed by atoms with Crippen LogP contribution in [0.5, 0.6) is 0 Å². The number of nitrogens with zero attached hydrogens (tertiary/aromatic N) is 1. The fraction of sp³-hybridized carbons (Fsp3) is 0.250. The van der Waals surface area contributed by atoms with E-state index in [0.29, 0.717) is 6.54 Å². The van der Waals surface area contributed by atoms with Crippen LogP contribution in [0.2, 0.25) is 0 Å². The number of nitrogens with one attached hydrogen (secondary N) is 2. The number of pyridine rings is 1. The Bertz CT molecular complexity index is 825. The minimum absolute atomic E-state index is 0.0497. The van der Waals surface area contributed by atoms with Crippen LogP contribution in [0.4, 0.5) is 4.79 Å². The van der Waals surface area contributed by atoms with Crippen molar-refractivity contribution in [2.45, 2.75) is 26.3 Å². The third-order valence-electron chi connectivity index (χ3n) is 4.64. The van der Waals surface area contributed by atoms with Gasteiger partial charge in [-0.2, -0.15) is 0 Å². The Morgan fingerprint density at radius 1 is 0.929 bits per heavy atom. The van der Waals surface area contributed by atoms with Gasteiger partial charge < -0.3 is 10.6 Å². The molecule has 2 amide bonds. The zero-order chi connectivity index (χ0) is 19.8. The Kier molecular flexibility index (Phi) is 6.43. The second kappa shape index (κ2) is 9.18. The van der Waals surface area contributed by atoms with Crippen molar-refractivity contribution >= 4 is 6.03 Å². The Morgan fingerprint density at radius 2 is 1.57 bits per heavy atom. The van der Waals surface area contributed by atoms with Crippen molar-refractivity contribution in [2.75, 3.05) is 6.54 Å². The third-order valence-corrected chi connectivity index (χ3v) is 4.64. The minimum atomic E-state index is -0.292. The van der Waals surface area contributed by atoms with Crippen molar-refractivity contribution in [3.05, 3.63) is 102 Å². The quantitative estimate of drug-likeness (QED) is 0.628. The molecule has 4 nitrogen and oxygen atoms in total. The predicted molar refractivity (Wildman–Crippen MR) is 113 cm³/mol. The van der Waals surface area contributed by atoms with Crippen LogP contribution >= 0.6 is 0 Å². The van der Waals surface area contributed by atoms with E-state index in [9.17, 15) is 4.79 Å². The largest absolute Gasteiger partial charge is 0.338 e. The van der Waals surface area contributed by atoms with Crippen LogP contribution in [0.3, 0.4) is 0 Å². The van der Waals surface area contributed by atoms with Crippen LogP contribution in [-0.2, 0) is 6.42 Å². The second-order valence-electron chi connectivity index (χ2n) is 7.75. The van der Waals surface area contributed by atoms with Gasteiger partial charge in [-0.1, -0.05) is 80.6 Å². The number of carbonyl (C=O) groups excluding carboxylic acids is 1. The molecular weight excluding hydrogens is 346 g/mol. The van der Waals surface area contributed by atoms with Gasteiger partial charge >= 0.3 is 6.03 Å². The first-order valence-electron chi connectivity index (χ1n) is 9.58. The Morgan fingerprint density at radius 3 is 2.21 bits per heavy atom. The molecule has 144 valence electrons. The Hall–Kier alpha value is -3.14. The SMILES string of the molecule is CC(C)(CNC(=O)NC(c1ccccc1)c1ccccn1)Cc1ccccc1. The van der Waals surface area contributed by atoms with E-state index >= 15 is 0 Å². The summed E-state index contributed by atoms with van der Waals surface area (Å²) in [6.07, 6.45) is 2.64. The number of urea groups is 1. The summed E-state index contributed by atoms with van der Waals surface area (Å²) in [7, 11) is 0. The van der Waals surface area contributed by atoms with Crippen LogP contribution in [0.15, 0.2) is 85.1 Å². The molecule has 3 rings (SSSR count). The zero-order valence-corrected chi connectivity index (χ0v) is 16.4. The normalized spacial score (nSPS) is 12.2. The van der Waals surface area contributed by atoms with Gasteiger partial charge in [0.25, 0.3) is 0 Å². The average molecular weight is 374 g/mol. The summed E-state index contributed by atoms with van der Waals surface area (Å²) in [6.45, 7) is 4.90. The number of aromatic nitrogens is 1. The third kappa shape index (κ3) is 5.68. The van der Waals surface area contributed by atoms with E-state index in [0.717, 1.165) is 17.7 Å². The van der Waals surface area contributed by atoms with Crippen LogP contribution in [0.25, 0.3) is 0 Å². The first kappa shape index (κ1) is 19.6. The van der Waals surface area contributed by atoms with Crippen LogP contribution in [0, 0.1) is 5.41 Å². The number of hydrogen-bond donors (Lipinski definition) is 2. The topological polar surface area (TPSA) is 54.0 Å². The van der Waals surface area contributed by atoms with Gasteiger partial charge in [-0.15, -0.1) is 0 Å². The molecule has 1 aromatic heterocycles. The molecule has 1 atom stereocenters. The van der Waals surface area contributed by atoms with E-state index in [-0.39, 0.29) is 17.5 Å². The molecular formula is C24H27N3O. The van der Waals surface area contributed by atoms with Crippen molar-refractivity contribution in [1.29, 1.82) is 0 Å². The molecule has 3 aromatic rings. The number of carbonyl (C=O) groups is 1. The van der Waals surface area contributed by atoms with Crippen LogP contribution < -0.4 is 10.6 Å². The van der Waals surface area contributed by atoms with Gasteiger partial charge in [0.2, 0.25) is 0 Å². The van der Waals surface area contributed by atoms with Crippen molar-refractivity contribution in [1.82, 2.24) is 15.6 Å². The summed E-state index contributed by atoms with van der Waals surface area (Å²) in [5.41, 5.74) is 3.03. The van der Waals surface area contributed by atoms with E-state index in [1.807, 2.05) is 66.7 Å². The van der Waals surface area contributed by atoms with E-state index in [1.165, 1.54) is 5.56 Å². The number of benzene rings is 2. The summed E-state index contributed by atoms with van der Waals surface area (Å²) in [6, 6.07) is 25.5. The molecule has 2 aromatic carbocycles. The average Bonchev–Trinajstić information content (AvgIpc) is 2.72. The smallest absolute Gasteiger partial charge is 0.315 e. The van der Waals surface area contributed by atoms with Gasteiger partial charge in [0.05, 0.1) is 11.7 Å². The summed E-state index contributed by atoms with van der Waals surface area (Å²) in [5.74, 6) is 0. The van der Waals surface area contributed by atoms with E-state index in [4.69, 9.17) is 0 Å². The van der Waals surface area contributed by atoms with Crippen molar-refractivity contribution in [2.24, 2.45) is 5.41 Å². The lowest BCUT2D eigenvalue weighted by atomic mass is 9.86. The van der Waals surface area contributed by atoms with Gasteiger partial charge in [0.15, 0.2) is 0 Å². The van der Waals surface area contributed by atoms with E-state index in [2.05, 4.69) is 41.6 Å². The molecule has 0 saturated heterocycles. The lowest BCUT2D eigenvalue weighted by molar-refractivity contribution is 0.231. The van der Waals surface area contributed by atoms with E-state index in [1.54, 1.807) is 6.20 Å². The number of amides is 2. The lowest BCUT2D eigenvalue weighted by Crippen LogP contribution is -2.43. The van der Waals surface area contributed by atoms with Crippen LogP contribution in [-0.4, -0.2) is 17.6 Å². The molecule has 28 heavy (non-hydrogen) atoms. The fourth-order valence-electron chi connectivity index (χ4n) is 3.23. The summed E-state index contributed by atoms with van der Waals surface area (Å²) < 4.78 is 0. The Labute approximate surface area is 167 Å². The fourth-order valence-corrected chi connectivity index (χ4v) is 3.23. The molecule has 1 heterocycles. The number of rotatable bonds is 7. The van der Waals surface area contributed by atoms with Crippen molar-refractivity contribution in [3.63, 3.8) is 0 Å². The second-order valence-corrected chi connectivity index (χ2v) is 7.75. The maximum atomic E-state index is 12.6. The molecule has 0 aliphatic carbocycles. The van der Waals surface area contributed by atoms with Crippen LogP contribution in [0.1, 0.15) is 36.7 Å². The van der Waals surface area contributed by atoms with Crippen molar-refractivity contribution < 1.29 is 4.79 Å². The summed E-state index contributed by atoms with van der Waals surface area (Å²) in [4.78, 5) is 17.1. The van der Waals surface area contributed by atoms with Gasteiger partial charge in [-0.25, -0.2) is 4.79 Å². The highest BCUT2D eigenvalue weighted by molar-refractivity contribution is 5.75. The summed E-state index contributed by atoms with van der Waals surface area (Å²) >= 11 is 0. The molecule has 0 aliphatic heterocycles. The monoisotopic (exact) mass is 373 g/mol. The first-order valence-corrected chi connectivity index (χ1v) is 9.58. The highest BCUT2D eigenvalue weighted by Crippen LogP contribution is 2.22. The maximum absolute atomic E-state index is 12.6. The van der Waals surface area contributed by atoms with E-state index < -0.39 is 0 Å². The molecule has 0 saturated carbocycles.